The van der Waals surface area contributed by atoms with Gasteiger partial charge in [0.05, 0.1) is 5.60 Å². The molecule has 0 fully saturated rings. The maximum atomic E-state index is 10.1. The van der Waals surface area contributed by atoms with Gasteiger partial charge in [0, 0.05) is 0 Å². The van der Waals surface area contributed by atoms with Crippen LogP contribution in [0.2, 0.25) is 0 Å². The first kappa shape index (κ1) is 13.5. The second kappa shape index (κ2) is 5.18. The Bertz CT molecular complexity index is 273. The Morgan fingerprint density at radius 3 is 2.75 bits per heavy atom. The molecule has 1 nitrogen and oxygen atoms in total. The highest BCUT2D eigenvalue weighted by molar-refractivity contribution is 5.10. The van der Waals surface area contributed by atoms with Crippen LogP contribution in [0, 0.1) is 17.8 Å². The summed E-state index contributed by atoms with van der Waals surface area (Å²) in [5, 5.41) is 10.1. The van der Waals surface area contributed by atoms with Crippen LogP contribution in [0.4, 0.5) is 0 Å². The summed E-state index contributed by atoms with van der Waals surface area (Å²) >= 11 is 0. The van der Waals surface area contributed by atoms with Crippen LogP contribution in [-0.4, -0.2) is 10.7 Å². The average Bonchev–Trinajstić information content (AvgIpc) is 2.16. The smallest absolute Gasteiger partial charge is 0.0802 e. The van der Waals surface area contributed by atoms with E-state index in [1.165, 1.54) is 18.4 Å². The lowest BCUT2D eigenvalue weighted by Crippen LogP contribution is -2.31. The summed E-state index contributed by atoms with van der Waals surface area (Å²) in [6, 6.07) is 0. The minimum absolute atomic E-state index is 0.502. The number of hydrogen-bond acceptors (Lipinski definition) is 1. The molecule has 0 saturated carbocycles. The van der Waals surface area contributed by atoms with Gasteiger partial charge in [0.15, 0.2) is 0 Å². The molecule has 3 atom stereocenters. The fourth-order valence-electron chi connectivity index (χ4n) is 2.78. The molecule has 0 heterocycles. The van der Waals surface area contributed by atoms with Gasteiger partial charge >= 0.3 is 0 Å². The summed E-state index contributed by atoms with van der Waals surface area (Å²) in [6.07, 6.45) is 7.32. The second-order valence-corrected chi connectivity index (χ2v) is 5.89. The first-order valence-electron chi connectivity index (χ1n) is 6.39. The predicted octanol–water partition coefficient (Wildman–Crippen LogP) is 3.94. The van der Waals surface area contributed by atoms with Crippen LogP contribution >= 0.6 is 0 Å². The molecule has 0 aliphatic heterocycles. The molecule has 1 heteroatoms. The van der Waals surface area contributed by atoms with Crippen LogP contribution in [0.25, 0.3) is 0 Å². The number of aliphatic hydroxyl groups is 1. The zero-order valence-corrected chi connectivity index (χ0v) is 11.2. The van der Waals surface area contributed by atoms with Crippen molar-refractivity contribution >= 4 is 0 Å². The van der Waals surface area contributed by atoms with Crippen LogP contribution in [0.3, 0.4) is 0 Å². The van der Waals surface area contributed by atoms with Crippen LogP contribution in [0.1, 0.15) is 47.0 Å². The van der Waals surface area contributed by atoms with Crippen molar-refractivity contribution < 1.29 is 5.11 Å². The Morgan fingerprint density at radius 1 is 1.62 bits per heavy atom. The molecule has 1 rings (SSSR count). The number of rotatable bonds is 4. The fourth-order valence-corrected chi connectivity index (χ4v) is 2.78. The van der Waals surface area contributed by atoms with Gasteiger partial charge in [0.2, 0.25) is 0 Å². The van der Waals surface area contributed by atoms with Gasteiger partial charge < -0.3 is 5.11 Å². The minimum Gasteiger partial charge on any atom is -0.386 e. The molecule has 92 valence electrons. The molecule has 0 aromatic carbocycles. The highest BCUT2D eigenvalue weighted by Gasteiger charge is 2.30. The van der Waals surface area contributed by atoms with E-state index in [2.05, 4.69) is 33.4 Å². The largest absolute Gasteiger partial charge is 0.386 e. The Kier molecular flexibility index (Phi) is 4.37. The Morgan fingerprint density at radius 2 is 2.25 bits per heavy atom. The van der Waals surface area contributed by atoms with E-state index in [1.54, 1.807) is 6.08 Å². The fraction of sp³-hybridized carbons (Fsp3) is 0.733. The third-order valence-corrected chi connectivity index (χ3v) is 3.87. The van der Waals surface area contributed by atoms with E-state index in [0.29, 0.717) is 17.8 Å². The zero-order valence-electron chi connectivity index (χ0n) is 11.2. The molecule has 1 aliphatic rings. The molecule has 1 N–H and O–H groups in total. The number of hydrogen-bond donors (Lipinski definition) is 1. The van der Waals surface area contributed by atoms with Gasteiger partial charge in [-0.3, -0.25) is 0 Å². The molecule has 0 aromatic rings. The van der Waals surface area contributed by atoms with Gasteiger partial charge in [0.25, 0.3) is 0 Å². The molecule has 0 amide bonds. The summed E-state index contributed by atoms with van der Waals surface area (Å²) in [5.41, 5.74) is 0.744. The Labute approximate surface area is 100 Å². The molecular weight excluding hydrogens is 196 g/mol. The van der Waals surface area contributed by atoms with Crippen molar-refractivity contribution in [3.8, 4) is 0 Å². The summed E-state index contributed by atoms with van der Waals surface area (Å²) in [4.78, 5) is 0. The average molecular weight is 222 g/mol. The van der Waals surface area contributed by atoms with Crippen molar-refractivity contribution in [2.45, 2.75) is 52.6 Å². The van der Waals surface area contributed by atoms with Crippen molar-refractivity contribution in [3.05, 3.63) is 24.3 Å². The van der Waals surface area contributed by atoms with E-state index in [-0.39, 0.29) is 0 Å². The lowest BCUT2D eigenvalue weighted by atomic mass is 9.71. The summed E-state index contributed by atoms with van der Waals surface area (Å²) in [5.74, 6) is 1.90. The van der Waals surface area contributed by atoms with Crippen LogP contribution in [-0.2, 0) is 0 Å². The first-order chi connectivity index (χ1) is 7.35. The maximum absolute atomic E-state index is 10.1. The van der Waals surface area contributed by atoms with E-state index in [0.717, 1.165) is 6.42 Å². The normalized spacial score (nSPS) is 29.8. The molecule has 0 saturated heterocycles. The molecular formula is C15H26O. The topological polar surface area (TPSA) is 20.2 Å². The minimum atomic E-state index is -0.730. The maximum Gasteiger partial charge on any atom is 0.0802 e. The summed E-state index contributed by atoms with van der Waals surface area (Å²) in [6.45, 7) is 12.3. The van der Waals surface area contributed by atoms with Gasteiger partial charge in [-0.2, -0.15) is 0 Å². The quantitative estimate of drug-likeness (QED) is 0.714. The first-order valence-corrected chi connectivity index (χ1v) is 6.39. The molecule has 0 aromatic heterocycles. The summed E-state index contributed by atoms with van der Waals surface area (Å²) < 4.78 is 0. The van der Waals surface area contributed by atoms with Gasteiger partial charge in [-0.1, -0.05) is 31.6 Å². The molecule has 0 spiro atoms. The SMILES string of the molecule is C=C[C@](C)(O)CC1C=C(C)CC[C@H]1C(C)C. The third-order valence-electron chi connectivity index (χ3n) is 3.87. The zero-order chi connectivity index (χ0) is 12.3. The molecule has 1 aliphatic carbocycles. The third kappa shape index (κ3) is 3.48. The molecule has 16 heavy (non-hydrogen) atoms. The van der Waals surface area contributed by atoms with E-state index >= 15 is 0 Å². The van der Waals surface area contributed by atoms with Gasteiger partial charge in [-0.15, -0.1) is 6.58 Å². The second-order valence-electron chi connectivity index (χ2n) is 5.89. The van der Waals surface area contributed by atoms with Crippen molar-refractivity contribution in [1.82, 2.24) is 0 Å². The van der Waals surface area contributed by atoms with E-state index in [9.17, 15) is 5.11 Å². The lowest BCUT2D eigenvalue weighted by molar-refractivity contribution is 0.0697. The number of allylic oxidation sites excluding steroid dienone is 2. The van der Waals surface area contributed by atoms with Gasteiger partial charge in [-0.05, 0) is 50.9 Å². The van der Waals surface area contributed by atoms with E-state index in [4.69, 9.17) is 0 Å². The van der Waals surface area contributed by atoms with Crippen LogP contribution in [0.15, 0.2) is 24.3 Å². The predicted molar refractivity (Wildman–Crippen MR) is 70.2 cm³/mol. The van der Waals surface area contributed by atoms with Crippen LogP contribution in [0.5, 0.6) is 0 Å². The van der Waals surface area contributed by atoms with E-state index < -0.39 is 5.60 Å². The summed E-state index contributed by atoms with van der Waals surface area (Å²) in [7, 11) is 0. The van der Waals surface area contributed by atoms with E-state index in [1.807, 2.05) is 6.92 Å². The van der Waals surface area contributed by atoms with Crippen molar-refractivity contribution in [3.63, 3.8) is 0 Å². The molecule has 0 bridgehead atoms. The van der Waals surface area contributed by atoms with Gasteiger partial charge in [-0.25, -0.2) is 0 Å². The Hall–Kier alpha value is -0.560. The van der Waals surface area contributed by atoms with Crippen LogP contribution < -0.4 is 0 Å². The lowest BCUT2D eigenvalue weighted by Gasteiger charge is -2.36. The molecule has 1 unspecified atom stereocenters. The van der Waals surface area contributed by atoms with Crippen molar-refractivity contribution in [2.75, 3.05) is 0 Å². The Balaban J connectivity index is 2.79. The van der Waals surface area contributed by atoms with Crippen molar-refractivity contribution in [2.24, 2.45) is 17.8 Å². The highest BCUT2D eigenvalue weighted by atomic mass is 16.3. The molecule has 0 radical (unpaired) electrons. The standard InChI is InChI=1S/C15H26O/c1-6-15(5,16)10-13-9-12(4)7-8-14(13)11(2)3/h6,9,11,13-14,16H,1,7-8,10H2,2-5H3/t13?,14-,15-/m0/s1. The van der Waals surface area contributed by atoms with Crippen molar-refractivity contribution in [1.29, 1.82) is 0 Å². The monoisotopic (exact) mass is 222 g/mol. The van der Waals surface area contributed by atoms with Gasteiger partial charge in [0.1, 0.15) is 0 Å². The highest BCUT2D eigenvalue weighted by Crippen LogP contribution is 2.38.